The van der Waals surface area contributed by atoms with Crippen LogP contribution in [-0.2, 0) is 9.53 Å². The number of hydrogen-bond donors (Lipinski definition) is 1. The van der Waals surface area contributed by atoms with Gasteiger partial charge in [-0.2, -0.15) is 0 Å². The molecule has 0 aliphatic heterocycles. The highest BCUT2D eigenvalue weighted by Gasteiger charge is 2.06. The topological polar surface area (TPSA) is 81.5 Å². The second kappa shape index (κ2) is 6.53. The van der Waals surface area contributed by atoms with Gasteiger partial charge in [0, 0.05) is 25.2 Å². The molecule has 0 bridgehead atoms. The smallest absolute Gasteiger partial charge is 0.291 e. The van der Waals surface area contributed by atoms with Crippen molar-refractivity contribution in [1.82, 2.24) is 5.32 Å². The Morgan fingerprint density at radius 3 is 2.83 bits per heavy atom. The van der Waals surface area contributed by atoms with Gasteiger partial charge in [0.2, 0.25) is 0 Å². The number of carbonyl (C=O) groups is 1. The Hall–Kier alpha value is -1.17. The lowest BCUT2D eigenvalue weighted by molar-refractivity contribution is -0.467. The molecule has 70 valence electrons. The number of ether oxygens (including phenoxy) is 1. The standard InChI is InChI=1S/C6H12N2O4/c1-12-4-2-3-7-6(9)5-8(10)11/h2-5H2,1H3,(H,7,9). The van der Waals surface area contributed by atoms with E-state index < -0.39 is 17.4 Å². The quantitative estimate of drug-likeness (QED) is 0.333. The molecule has 1 amide bonds. The number of rotatable bonds is 6. The Labute approximate surface area is 70.0 Å². The third kappa shape index (κ3) is 6.94. The summed E-state index contributed by atoms with van der Waals surface area (Å²) in [6, 6.07) is 0. The molecule has 12 heavy (non-hydrogen) atoms. The summed E-state index contributed by atoms with van der Waals surface area (Å²) in [5.41, 5.74) is 0. The van der Waals surface area contributed by atoms with Gasteiger partial charge < -0.3 is 10.1 Å². The minimum Gasteiger partial charge on any atom is -0.385 e. The van der Waals surface area contributed by atoms with Gasteiger partial charge >= 0.3 is 0 Å². The lowest BCUT2D eigenvalue weighted by Crippen LogP contribution is -2.30. The molecule has 0 atom stereocenters. The molecule has 1 N–H and O–H groups in total. The molecule has 0 saturated carbocycles. The van der Waals surface area contributed by atoms with Crippen LogP contribution in [0.2, 0.25) is 0 Å². The lowest BCUT2D eigenvalue weighted by Gasteiger charge is -2.00. The first-order chi connectivity index (χ1) is 5.66. The normalized spacial score (nSPS) is 9.42. The predicted molar refractivity (Wildman–Crippen MR) is 41.4 cm³/mol. The van der Waals surface area contributed by atoms with Crippen LogP contribution < -0.4 is 5.32 Å². The number of nitrogens with one attached hydrogen (secondary N) is 1. The van der Waals surface area contributed by atoms with Crippen LogP contribution in [0, 0.1) is 10.1 Å². The van der Waals surface area contributed by atoms with Gasteiger partial charge in [0.15, 0.2) is 0 Å². The largest absolute Gasteiger partial charge is 0.385 e. The molecule has 0 saturated heterocycles. The maximum atomic E-state index is 10.6. The maximum absolute atomic E-state index is 10.6. The van der Waals surface area contributed by atoms with E-state index in [0.29, 0.717) is 19.6 Å². The zero-order valence-corrected chi connectivity index (χ0v) is 6.91. The lowest BCUT2D eigenvalue weighted by atomic mass is 10.4. The highest BCUT2D eigenvalue weighted by atomic mass is 16.6. The minimum absolute atomic E-state index is 0.417. The Kier molecular flexibility index (Phi) is 5.90. The van der Waals surface area contributed by atoms with Crippen LogP contribution >= 0.6 is 0 Å². The number of carbonyl (C=O) groups excluding carboxylic acids is 1. The maximum Gasteiger partial charge on any atom is 0.291 e. The molecule has 0 unspecified atom stereocenters. The predicted octanol–water partition coefficient (Wildman–Crippen LogP) is -0.584. The third-order valence-electron chi connectivity index (χ3n) is 1.12. The van der Waals surface area contributed by atoms with Gasteiger partial charge in [-0.25, -0.2) is 0 Å². The van der Waals surface area contributed by atoms with Crippen LogP contribution in [0.5, 0.6) is 0 Å². The molecule has 0 aromatic heterocycles. The first kappa shape index (κ1) is 10.8. The Bertz CT molecular complexity index is 160. The van der Waals surface area contributed by atoms with Gasteiger partial charge in [-0.15, -0.1) is 0 Å². The SMILES string of the molecule is COCCCNC(=O)C[N+](=O)[O-]. The first-order valence-corrected chi connectivity index (χ1v) is 3.54. The van der Waals surface area contributed by atoms with Crippen molar-refractivity contribution in [2.24, 2.45) is 0 Å². The Morgan fingerprint density at radius 2 is 2.33 bits per heavy atom. The summed E-state index contributed by atoms with van der Waals surface area (Å²) >= 11 is 0. The number of nitrogens with zero attached hydrogens (tertiary/aromatic N) is 1. The van der Waals surface area contributed by atoms with Gasteiger partial charge in [-0.05, 0) is 6.42 Å². The van der Waals surface area contributed by atoms with Crippen LogP contribution in [0.1, 0.15) is 6.42 Å². The van der Waals surface area contributed by atoms with Crippen molar-refractivity contribution in [3.05, 3.63) is 10.1 Å². The second-order valence-electron chi connectivity index (χ2n) is 2.19. The number of amides is 1. The Balaban J connectivity index is 3.26. The highest BCUT2D eigenvalue weighted by Crippen LogP contribution is 1.77. The molecule has 0 radical (unpaired) electrons. The summed E-state index contributed by atoms with van der Waals surface area (Å²) in [7, 11) is 1.55. The van der Waals surface area contributed by atoms with E-state index in [1.807, 2.05) is 0 Å². The molecule has 0 rings (SSSR count). The average Bonchev–Trinajstić information content (AvgIpc) is 1.97. The fourth-order valence-corrected chi connectivity index (χ4v) is 0.617. The van der Waals surface area contributed by atoms with E-state index in [1.54, 1.807) is 7.11 Å². The van der Waals surface area contributed by atoms with Crippen molar-refractivity contribution in [3.8, 4) is 0 Å². The first-order valence-electron chi connectivity index (χ1n) is 3.54. The van der Waals surface area contributed by atoms with Crippen LogP contribution in [0.4, 0.5) is 0 Å². The van der Waals surface area contributed by atoms with E-state index >= 15 is 0 Å². The van der Waals surface area contributed by atoms with E-state index in [2.05, 4.69) is 5.32 Å². The molecule has 0 aromatic rings. The van der Waals surface area contributed by atoms with Gasteiger partial charge in [0.1, 0.15) is 0 Å². The summed E-state index contributed by atoms with van der Waals surface area (Å²) in [5, 5.41) is 12.2. The number of hydrogen-bond acceptors (Lipinski definition) is 4. The zero-order chi connectivity index (χ0) is 9.40. The third-order valence-corrected chi connectivity index (χ3v) is 1.12. The molecular weight excluding hydrogens is 164 g/mol. The van der Waals surface area contributed by atoms with Crippen molar-refractivity contribution in [1.29, 1.82) is 0 Å². The van der Waals surface area contributed by atoms with Gasteiger partial charge in [0.05, 0.1) is 0 Å². The van der Waals surface area contributed by atoms with Crippen molar-refractivity contribution in [2.75, 3.05) is 26.8 Å². The van der Waals surface area contributed by atoms with Crippen LogP contribution in [0.25, 0.3) is 0 Å². The monoisotopic (exact) mass is 176 g/mol. The van der Waals surface area contributed by atoms with E-state index in [4.69, 9.17) is 4.74 Å². The molecule has 6 heteroatoms. The van der Waals surface area contributed by atoms with Crippen molar-refractivity contribution in [3.63, 3.8) is 0 Å². The molecule has 0 aromatic carbocycles. The van der Waals surface area contributed by atoms with E-state index in [9.17, 15) is 14.9 Å². The number of methoxy groups -OCH3 is 1. The number of nitro groups is 1. The molecule has 0 fully saturated rings. The fourth-order valence-electron chi connectivity index (χ4n) is 0.617. The summed E-state index contributed by atoms with van der Waals surface area (Å²) in [4.78, 5) is 19.8. The minimum atomic E-state index is -0.661. The average molecular weight is 176 g/mol. The van der Waals surface area contributed by atoms with Gasteiger partial charge in [-0.3, -0.25) is 14.9 Å². The fraction of sp³-hybridized carbons (Fsp3) is 0.833. The van der Waals surface area contributed by atoms with E-state index in [1.165, 1.54) is 0 Å². The van der Waals surface area contributed by atoms with Gasteiger partial charge in [0.25, 0.3) is 12.5 Å². The van der Waals surface area contributed by atoms with E-state index in [-0.39, 0.29) is 0 Å². The second-order valence-corrected chi connectivity index (χ2v) is 2.19. The Morgan fingerprint density at radius 1 is 1.67 bits per heavy atom. The van der Waals surface area contributed by atoms with Crippen molar-refractivity contribution >= 4 is 5.91 Å². The summed E-state index contributed by atoms with van der Waals surface area (Å²) in [6.45, 7) is 0.298. The van der Waals surface area contributed by atoms with Crippen LogP contribution in [0.15, 0.2) is 0 Å². The van der Waals surface area contributed by atoms with Crippen molar-refractivity contribution in [2.45, 2.75) is 6.42 Å². The van der Waals surface area contributed by atoms with Crippen LogP contribution in [0.3, 0.4) is 0 Å². The molecule has 0 heterocycles. The molecule has 0 aliphatic carbocycles. The molecule has 6 nitrogen and oxygen atoms in total. The molecule has 0 aliphatic rings. The van der Waals surface area contributed by atoms with E-state index in [0.717, 1.165) is 0 Å². The summed E-state index contributed by atoms with van der Waals surface area (Å²) < 4.78 is 4.72. The highest BCUT2D eigenvalue weighted by molar-refractivity contribution is 5.76. The van der Waals surface area contributed by atoms with Crippen LogP contribution in [-0.4, -0.2) is 37.6 Å². The summed E-state index contributed by atoms with van der Waals surface area (Å²) in [5.74, 6) is -0.559. The van der Waals surface area contributed by atoms with Gasteiger partial charge in [-0.1, -0.05) is 0 Å². The molecule has 0 spiro atoms. The molecular formula is C6H12N2O4. The summed E-state index contributed by atoms with van der Waals surface area (Å²) in [6.07, 6.45) is 0.667. The van der Waals surface area contributed by atoms with Crippen molar-refractivity contribution < 1.29 is 14.5 Å². The zero-order valence-electron chi connectivity index (χ0n) is 6.91.